The lowest BCUT2D eigenvalue weighted by molar-refractivity contribution is -0.151. The Labute approximate surface area is 103 Å². The van der Waals surface area contributed by atoms with Crippen LogP contribution in [0.25, 0.3) is 0 Å². The molecule has 0 bridgehead atoms. The maximum absolute atomic E-state index is 10.7. The fourth-order valence-electron chi connectivity index (χ4n) is 1.18. The van der Waals surface area contributed by atoms with E-state index in [2.05, 4.69) is 4.74 Å². The van der Waals surface area contributed by atoms with Gasteiger partial charge < -0.3 is 14.2 Å². The number of esters is 2. The molecule has 2 aliphatic heterocycles. The highest BCUT2D eigenvalue weighted by Gasteiger charge is 2.34. The Bertz CT molecular complexity index is 288. The second-order valence-electron chi connectivity index (χ2n) is 3.32. The number of cyclic esters (lactones) is 2. The molecule has 0 spiro atoms. The van der Waals surface area contributed by atoms with Crippen LogP contribution in [0.2, 0.25) is 0 Å². The topological polar surface area (TPSA) is 78.9 Å². The highest BCUT2D eigenvalue weighted by Crippen LogP contribution is 2.22. The van der Waals surface area contributed by atoms with Gasteiger partial charge in [-0.05, 0) is 0 Å². The molecular formula is C10H14O6S. The molecule has 6 nitrogen and oxygen atoms in total. The van der Waals surface area contributed by atoms with Crippen LogP contribution in [0.3, 0.4) is 0 Å². The standard InChI is InChI=1S/C6H6O4S.C4H8O2/c1-3(7)11-4-2-5(8)10-6(4)9;1-2-6-4-3-5-1/h4H,2H2,1H3;1-4H2. The molecule has 7 heteroatoms. The van der Waals surface area contributed by atoms with Gasteiger partial charge in [0.05, 0.1) is 32.8 Å². The first kappa shape index (κ1) is 14.1. The molecule has 1 unspecified atom stereocenters. The number of hydrogen-bond donors (Lipinski definition) is 0. The van der Waals surface area contributed by atoms with Crippen molar-refractivity contribution in [1.29, 1.82) is 0 Å². The van der Waals surface area contributed by atoms with Crippen molar-refractivity contribution in [2.45, 2.75) is 18.6 Å². The highest BCUT2D eigenvalue weighted by atomic mass is 32.2. The second-order valence-corrected chi connectivity index (χ2v) is 4.70. The molecule has 96 valence electrons. The van der Waals surface area contributed by atoms with Gasteiger partial charge in [-0.25, -0.2) is 0 Å². The Hall–Kier alpha value is -0.920. The zero-order valence-electron chi connectivity index (χ0n) is 9.47. The zero-order chi connectivity index (χ0) is 12.7. The number of ether oxygens (including phenoxy) is 3. The van der Waals surface area contributed by atoms with Crippen molar-refractivity contribution in [2.75, 3.05) is 26.4 Å². The molecule has 0 N–H and O–H groups in total. The van der Waals surface area contributed by atoms with Gasteiger partial charge in [0, 0.05) is 6.92 Å². The van der Waals surface area contributed by atoms with E-state index in [1.807, 2.05) is 0 Å². The van der Waals surface area contributed by atoms with Crippen LogP contribution >= 0.6 is 11.8 Å². The molecule has 2 fully saturated rings. The summed E-state index contributed by atoms with van der Waals surface area (Å²) in [7, 11) is 0. The van der Waals surface area contributed by atoms with Gasteiger partial charge in [0.2, 0.25) is 0 Å². The minimum Gasteiger partial charge on any atom is -0.392 e. The summed E-state index contributed by atoms with van der Waals surface area (Å²) in [4.78, 5) is 31.7. The van der Waals surface area contributed by atoms with Gasteiger partial charge in [-0.1, -0.05) is 11.8 Å². The third-order valence-corrected chi connectivity index (χ3v) is 2.86. The van der Waals surface area contributed by atoms with Crippen molar-refractivity contribution in [3.8, 4) is 0 Å². The van der Waals surface area contributed by atoms with Crippen LogP contribution in [0.5, 0.6) is 0 Å². The van der Waals surface area contributed by atoms with Crippen molar-refractivity contribution < 1.29 is 28.6 Å². The quantitative estimate of drug-likeness (QED) is 0.491. The van der Waals surface area contributed by atoms with Crippen molar-refractivity contribution in [2.24, 2.45) is 0 Å². The summed E-state index contributed by atoms with van der Waals surface area (Å²) in [6.07, 6.45) is 0.0169. The summed E-state index contributed by atoms with van der Waals surface area (Å²) in [5.41, 5.74) is 0. The van der Waals surface area contributed by atoms with Gasteiger partial charge in [0.25, 0.3) is 0 Å². The summed E-state index contributed by atoms with van der Waals surface area (Å²) in [6.45, 7) is 4.46. The predicted octanol–water partition coefficient (Wildman–Crippen LogP) is 0.141. The largest absolute Gasteiger partial charge is 0.392 e. The number of carbonyl (C=O) groups excluding carboxylic acids is 3. The summed E-state index contributed by atoms with van der Waals surface area (Å²) in [5.74, 6) is -1.15. The average Bonchev–Trinajstić information content (AvgIpc) is 2.60. The normalized spacial score (nSPS) is 23.7. The van der Waals surface area contributed by atoms with Crippen molar-refractivity contribution in [3.05, 3.63) is 0 Å². The van der Waals surface area contributed by atoms with Gasteiger partial charge >= 0.3 is 11.9 Å². The van der Waals surface area contributed by atoms with Crippen LogP contribution in [0.4, 0.5) is 0 Å². The van der Waals surface area contributed by atoms with E-state index >= 15 is 0 Å². The molecule has 2 aliphatic rings. The zero-order valence-corrected chi connectivity index (χ0v) is 10.3. The first-order chi connectivity index (χ1) is 8.09. The lowest BCUT2D eigenvalue weighted by atomic mass is 10.4. The molecule has 0 aromatic carbocycles. The third-order valence-electron chi connectivity index (χ3n) is 1.88. The van der Waals surface area contributed by atoms with Crippen LogP contribution in [0.1, 0.15) is 13.3 Å². The van der Waals surface area contributed by atoms with Crippen molar-refractivity contribution in [3.63, 3.8) is 0 Å². The lowest BCUT2D eigenvalue weighted by Crippen LogP contribution is -2.16. The molecule has 0 saturated carbocycles. The lowest BCUT2D eigenvalue weighted by Gasteiger charge is -2.09. The average molecular weight is 262 g/mol. The smallest absolute Gasteiger partial charge is 0.327 e. The van der Waals surface area contributed by atoms with Crippen LogP contribution in [0, 0.1) is 0 Å². The third kappa shape index (κ3) is 5.81. The van der Waals surface area contributed by atoms with Crippen LogP contribution < -0.4 is 0 Å². The van der Waals surface area contributed by atoms with E-state index < -0.39 is 17.2 Å². The molecule has 0 radical (unpaired) electrons. The number of thioether (sulfide) groups is 1. The minimum absolute atomic E-state index is 0.0169. The van der Waals surface area contributed by atoms with E-state index in [-0.39, 0.29) is 11.5 Å². The van der Waals surface area contributed by atoms with Gasteiger partial charge in [-0.15, -0.1) is 0 Å². The predicted molar refractivity (Wildman–Crippen MR) is 59.4 cm³/mol. The summed E-state index contributed by atoms with van der Waals surface area (Å²) >= 11 is 0.840. The SMILES string of the molecule is C1COCCO1.CC(=O)SC1CC(=O)OC1=O. The first-order valence-corrected chi connectivity index (χ1v) is 6.05. The van der Waals surface area contributed by atoms with Gasteiger partial charge in [0.1, 0.15) is 5.25 Å². The Kier molecular flexibility index (Phi) is 6.17. The number of hydrogen-bond acceptors (Lipinski definition) is 7. The maximum Gasteiger partial charge on any atom is 0.327 e. The van der Waals surface area contributed by atoms with E-state index in [1.54, 1.807) is 0 Å². The van der Waals surface area contributed by atoms with E-state index in [9.17, 15) is 14.4 Å². The summed E-state index contributed by atoms with van der Waals surface area (Å²) < 4.78 is 14.1. The molecule has 0 aromatic heterocycles. The van der Waals surface area contributed by atoms with Crippen molar-refractivity contribution >= 4 is 28.8 Å². The van der Waals surface area contributed by atoms with Crippen LogP contribution in [-0.2, 0) is 28.6 Å². The van der Waals surface area contributed by atoms with E-state index in [4.69, 9.17) is 9.47 Å². The molecule has 2 heterocycles. The highest BCUT2D eigenvalue weighted by molar-refractivity contribution is 8.14. The molecule has 2 rings (SSSR count). The van der Waals surface area contributed by atoms with Crippen molar-refractivity contribution in [1.82, 2.24) is 0 Å². The van der Waals surface area contributed by atoms with Gasteiger partial charge in [0.15, 0.2) is 5.12 Å². The Morgan fingerprint density at radius 2 is 1.71 bits per heavy atom. The molecular weight excluding hydrogens is 248 g/mol. The van der Waals surface area contributed by atoms with E-state index in [0.717, 1.165) is 38.2 Å². The first-order valence-electron chi connectivity index (χ1n) is 5.17. The molecule has 2 saturated heterocycles. The Morgan fingerprint density at radius 1 is 1.18 bits per heavy atom. The molecule has 0 amide bonds. The molecule has 17 heavy (non-hydrogen) atoms. The van der Waals surface area contributed by atoms with Crippen LogP contribution in [-0.4, -0.2) is 48.7 Å². The number of carbonyl (C=O) groups is 3. The van der Waals surface area contributed by atoms with E-state index in [1.165, 1.54) is 6.92 Å². The van der Waals surface area contributed by atoms with Gasteiger partial charge in [-0.2, -0.15) is 0 Å². The fourth-order valence-corrected chi connectivity index (χ4v) is 1.95. The Morgan fingerprint density at radius 3 is 2.00 bits per heavy atom. The summed E-state index contributed by atoms with van der Waals surface area (Å²) in [6, 6.07) is 0. The molecule has 0 aliphatic carbocycles. The number of rotatable bonds is 1. The molecule has 0 aromatic rings. The monoisotopic (exact) mass is 262 g/mol. The fraction of sp³-hybridized carbons (Fsp3) is 0.700. The molecule has 1 atom stereocenters. The van der Waals surface area contributed by atoms with Crippen LogP contribution in [0.15, 0.2) is 0 Å². The van der Waals surface area contributed by atoms with E-state index in [0.29, 0.717) is 0 Å². The second kappa shape index (κ2) is 7.41. The Balaban J connectivity index is 0.000000202. The summed E-state index contributed by atoms with van der Waals surface area (Å²) in [5, 5.41) is -0.790. The van der Waals surface area contributed by atoms with Gasteiger partial charge in [-0.3, -0.25) is 14.4 Å². The minimum atomic E-state index is -0.611. The maximum atomic E-state index is 10.7.